The standard InChI is InChI=1S/C23H25N3O4/c1-14(2)20(28)24-18-11-7-16(8-12-18)19(27)13-26-21(29)23(4,25-22(26)30)17-9-5-15(3)6-10-17/h5-12,14H,13H2,1-4H3,(H,24,28)(H,25,30). The van der Waals surface area contributed by atoms with Crippen LogP contribution in [-0.4, -0.2) is 35.1 Å². The third-order valence-electron chi connectivity index (χ3n) is 5.20. The summed E-state index contributed by atoms with van der Waals surface area (Å²) in [6.45, 7) is 6.79. The van der Waals surface area contributed by atoms with Gasteiger partial charge in [0.2, 0.25) is 5.91 Å². The zero-order valence-corrected chi connectivity index (χ0v) is 17.5. The lowest BCUT2D eigenvalue weighted by molar-refractivity contribution is -0.130. The SMILES string of the molecule is Cc1ccc(C2(C)NC(=O)N(CC(=O)c3ccc(NC(=O)C(C)C)cc3)C2=O)cc1. The summed E-state index contributed by atoms with van der Waals surface area (Å²) < 4.78 is 0. The molecule has 1 heterocycles. The third kappa shape index (κ3) is 4.10. The van der Waals surface area contributed by atoms with Crippen LogP contribution < -0.4 is 10.6 Å². The van der Waals surface area contributed by atoms with Gasteiger partial charge in [-0.2, -0.15) is 0 Å². The number of Topliss-reactive ketones (excluding diaryl/α,β-unsaturated/α-hetero) is 1. The minimum absolute atomic E-state index is 0.121. The first-order valence-corrected chi connectivity index (χ1v) is 9.77. The molecule has 2 aromatic rings. The smallest absolute Gasteiger partial charge is 0.325 e. The van der Waals surface area contributed by atoms with Crippen LogP contribution in [0.2, 0.25) is 0 Å². The molecule has 2 aromatic carbocycles. The van der Waals surface area contributed by atoms with Crippen LogP contribution in [0.15, 0.2) is 48.5 Å². The first kappa shape index (κ1) is 21.2. The molecule has 1 atom stereocenters. The summed E-state index contributed by atoms with van der Waals surface area (Å²) in [6.07, 6.45) is 0. The van der Waals surface area contributed by atoms with E-state index in [1.165, 1.54) is 0 Å². The van der Waals surface area contributed by atoms with E-state index in [0.717, 1.165) is 10.5 Å². The highest BCUT2D eigenvalue weighted by Crippen LogP contribution is 2.29. The van der Waals surface area contributed by atoms with Crippen LogP contribution in [0.4, 0.5) is 10.5 Å². The summed E-state index contributed by atoms with van der Waals surface area (Å²) in [5, 5.41) is 5.45. The molecule has 1 aliphatic rings. The van der Waals surface area contributed by atoms with Crippen LogP contribution >= 0.6 is 0 Å². The van der Waals surface area contributed by atoms with Gasteiger partial charge in [-0.15, -0.1) is 0 Å². The quantitative estimate of drug-likeness (QED) is 0.568. The van der Waals surface area contributed by atoms with E-state index in [2.05, 4.69) is 10.6 Å². The molecule has 30 heavy (non-hydrogen) atoms. The van der Waals surface area contributed by atoms with Crippen LogP contribution in [0.1, 0.15) is 42.3 Å². The number of rotatable bonds is 6. The minimum Gasteiger partial charge on any atom is -0.326 e. The van der Waals surface area contributed by atoms with Crippen molar-refractivity contribution in [3.63, 3.8) is 0 Å². The van der Waals surface area contributed by atoms with Crippen molar-refractivity contribution in [3.05, 3.63) is 65.2 Å². The molecular formula is C23H25N3O4. The molecule has 3 rings (SSSR count). The van der Waals surface area contributed by atoms with E-state index in [9.17, 15) is 19.2 Å². The highest BCUT2D eigenvalue weighted by molar-refractivity contribution is 6.11. The number of ketones is 1. The van der Waals surface area contributed by atoms with Crippen LogP contribution in [0.3, 0.4) is 0 Å². The molecule has 7 heteroatoms. The molecule has 2 N–H and O–H groups in total. The van der Waals surface area contributed by atoms with Crippen LogP contribution in [0.5, 0.6) is 0 Å². The number of anilines is 1. The molecule has 1 saturated heterocycles. The number of carbonyl (C=O) groups excluding carboxylic acids is 4. The summed E-state index contributed by atoms with van der Waals surface area (Å²) in [7, 11) is 0. The molecule has 1 aliphatic heterocycles. The zero-order valence-electron chi connectivity index (χ0n) is 17.5. The number of urea groups is 1. The maximum absolute atomic E-state index is 13.0. The second kappa shape index (κ2) is 8.10. The molecule has 156 valence electrons. The molecule has 4 amide bonds. The van der Waals surface area contributed by atoms with Gasteiger partial charge in [0.25, 0.3) is 5.91 Å². The molecule has 1 fully saturated rings. The number of benzene rings is 2. The van der Waals surface area contributed by atoms with Gasteiger partial charge in [0, 0.05) is 17.2 Å². The van der Waals surface area contributed by atoms with E-state index in [1.807, 2.05) is 19.1 Å². The van der Waals surface area contributed by atoms with E-state index in [4.69, 9.17) is 0 Å². The highest BCUT2D eigenvalue weighted by atomic mass is 16.2. The number of hydrogen-bond acceptors (Lipinski definition) is 4. The highest BCUT2D eigenvalue weighted by Gasteiger charge is 2.49. The Morgan fingerprint density at radius 3 is 2.20 bits per heavy atom. The van der Waals surface area contributed by atoms with Crippen molar-refractivity contribution in [2.45, 2.75) is 33.2 Å². The van der Waals surface area contributed by atoms with Gasteiger partial charge in [0.1, 0.15) is 5.54 Å². The van der Waals surface area contributed by atoms with Gasteiger partial charge < -0.3 is 10.6 Å². The second-order valence-electron chi connectivity index (χ2n) is 7.96. The fraction of sp³-hybridized carbons (Fsp3) is 0.304. The number of carbonyl (C=O) groups is 4. The predicted octanol–water partition coefficient (Wildman–Crippen LogP) is 3.24. The molecule has 0 bridgehead atoms. The fourth-order valence-electron chi connectivity index (χ4n) is 3.18. The molecule has 0 saturated carbocycles. The Balaban J connectivity index is 1.72. The topological polar surface area (TPSA) is 95.6 Å². The largest absolute Gasteiger partial charge is 0.326 e. The average Bonchev–Trinajstić information content (AvgIpc) is 2.92. The second-order valence-corrected chi connectivity index (χ2v) is 7.96. The molecular weight excluding hydrogens is 382 g/mol. The molecule has 0 radical (unpaired) electrons. The lowest BCUT2D eigenvalue weighted by atomic mass is 9.91. The average molecular weight is 407 g/mol. The minimum atomic E-state index is -1.21. The number of nitrogens with zero attached hydrogens (tertiary/aromatic N) is 1. The summed E-state index contributed by atoms with van der Waals surface area (Å²) >= 11 is 0. The lowest BCUT2D eigenvalue weighted by Gasteiger charge is -2.22. The van der Waals surface area contributed by atoms with Crippen molar-refractivity contribution < 1.29 is 19.2 Å². The van der Waals surface area contributed by atoms with Crippen molar-refractivity contribution in [2.24, 2.45) is 5.92 Å². The molecule has 7 nitrogen and oxygen atoms in total. The summed E-state index contributed by atoms with van der Waals surface area (Å²) in [6, 6.07) is 13.1. The van der Waals surface area contributed by atoms with Gasteiger partial charge in [-0.3, -0.25) is 19.3 Å². The van der Waals surface area contributed by atoms with E-state index < -0.39 is 17.5 Å². The Kier molecular flexibility index (Phi) is 5.73. The van der Waals surface area contributed by atoms with Gasteiger partial charge in [-0.05, 0) is 43.7 Å². The monoisotopic (exact) mass is 407 g/mol. The Bertz CT molecular complexity index is 996. The van der Waals surface area contributed by atoms with Crippen LogP contribution in [0.25, 0.3) is 0 Å². The van der Waals surface area contributed by atoms with Crippen molar-refractivity contribution in [3.8, 4) is 0 Å². The first-order valence-electron chi connectivity index (χ1n) is 9.77. The van der Waals surface area contributed by atoms with Crippen LogP contribution in [-0.2, 0) is 15.1 Å². The van der Waals surface area contributed by atoms with E-state index >= 15 is 0 Å². The molecule has 0 aliphatic carbocycles. The van der Waals surface area contributed by atoms with Gasteiger partial charge in [-0.1, -0.05) is 43.7 Å². The number of nitrogens with one attached hydrogen (secondary N) is 2. The molecule has 0 aromatic heterocycles. The lowest BCUT2D eigenvalue weighted by Crippen LogP contribution is -2.41. The normalized spacial score (nSPS) is 18.5. The van der Waals surface area contributed by atoms with Gasteiger partial charge >= 0.3 is 6.03 Å². The van der Waals surface area contributed by atoms with Crippen molar-refractivity contribution >= 4 is 29.3 Å². The molecule has 1 unspecified atom stereocenters. The van der Waals surface area contributed by atoms with Crippen molar-refractivity contribution in [1.29, 1.82) is 0 Å². The van der Waals surface area contributed by atoms with Crippen molar-refractivity contribution in [2.75, 3.05) is 11.9 Å². The number of aryl methyl sites for hydroxylation is 1. The third-order valence-corrected chi connectivity index (χ3v) is 5.20. The van der Waals surface area contributed by atoms with Crippen molar-refractivity contribution in [1.82, 2.24) is 10.2 Å². The molecule has 0 spiro atoms. The zero-order chi connectivity index (χ0) is 22.1. The summed E-state index contributed by atoms with van der Waals surface area (Å²) in [5.41, 5.74) is 1.41. The summed E-state index contributed by atoms with van der Waals surface area (Å²) in [5.74, 6) is -1.11. The Morgan fingerprint density at radius 2 is 1.63 bits per heavy atom. The van der Waals surface area contributed by atoms with E-state index in [0.29, 0.717) is 16.8 Å². The van der Waals surface area contributed by atoms with Gasteiger partial charge in [-0.25, -0.2) is 4.79 Å². The fourth-order valence-corrected chi connectivity index (χ4v) is 3.18. The van der Waals surface area contributed by atoms with Crippen LogP contribution in [0, 0.1) is 12.8 Å². The Morgan fingerprint density at radius 1 is 1.03 bits per heavy atom. The predicted molar refractivity (Wildman–Crippen MR) is 113 cm³/mol. The first-order chi connectivity index (χ1) is 14.1. The number of amides is 4. The van der Waals surface area contributed by atoms with E-state index in [1.54, 1.807) is 57.2 Å². The Labute approximate surface area is 175 Å². The Hall–Kier alpha value is -3.48. The maximum Gasteiger partial charge on any atom is 0.325 e. The van der Waals surface area contributed by atoms with Gasteiger partial charge in [0.15, 0.2) is 5.78 Å². The van der Waals surface area contributed by atoms with Gasteiger partial charge in [0.05, 0.1) is 6.54 Å². The number of imide groups is 1. The van der Waals surface area contributed by atoms with E-state index in [-0.39, 0.29) is 24.2 Å². The number of hydrogen-bond donors (Lipinski definition) is 2. The maximum atomic E-state index is 13.0. The summed E-state index contributed by atoms with van der Waals surface area (Å²) in [4.78, 5) is 50.8.